The summed E-state index contributed by atoms with van der Waals surface area (Å²) in [4.78, 5) is 12.2. The standard InChI is InChI=1S/C17H34N2O4/c1-3-5-10-22-12-15(16(21)23-11-6-4-2)18-13-17(14-20)8-7-9-19-17/h15,18-20H,3-14H2,1-2H3/t15-,17?/m0/s1. The minimum Gasteiger partial charge on any atom is -0.464 e. The highest BCUT2D eigenvalue weighted by Crippen LogP contribution is 2.17. The molecule has 23 heavy (non-hydrogen) atoms. The lowest BCUT2D eigenvalue weighted by Gasteiger charge is -2.29. The quantitative estimate of drug-likeness (QED) is 0.348. The first-order valence-electron chi connectivity index (χ1n) is 9.01. The molecule has 6 heteroatoms. The Morgan fingerprint density at radius 1 is 1.30 bits per heavy atom. The van der Waals surface area contributed by atoms with E-state index in [1.54, 1.807) is 0 Å². The fourth-order valence-electron chi connectivity index (χ4n) is 2.60. The fourth-order valence-corrected chi connectivity index (χ4v) is 2.60. The number of hydrogen-bond donors (Lipinski definition) is 3. The Balaban J connectivity index is 2.46. The van der Waals surface area contributed by atoms with Gasteiger partial charge in [0.15, 0.2) is 0 Å². The molecule has 0 saturated carbocycles. The van der Waals surface area contributed by atoms with Crippen LogP contribution in [0.4, 0.5) is 0 Å². The first-order valence-corrected chi connectivity index (χ1v) is 9.01. The van der Waals surface area contributed by atoms with Crippen molar-refractivity contribution in [3.8, 4) is 0 Å². The van der Waals surface area contributed by atoms with Crippen molar-refractivity contribution in [1.29, 1.82) is 0 Å². The second-order valence-corrected chi connectivity index (χ2v) is 6.35. The summed E-state index contributed by atoms with van der Waals surface area (Å²) < 4.78 is 10.9. The summed E-state index contributed by atoms with van der Waals surface area (Å²) in [6.07, 6.45) is 5.87. The lowest BCUT2D eigenvalue weighted by molar-refractivity contribution is -0.148. The highest BCUT2D eigenvalue weighted by atomic mass is 16.5. The Hall–Kier alpha value is -0.690. The summed E-state index contributed by atoms with van der Waals surface area (Å²) in [5.41, 5.74) is -0.328. The number of carbonyl (C=O) groups excluding carboxylic acids is 1. The molecule has 1 aliphatic rings. The topological polar surface area (TPSA) is 79.8 Å². The molecular weight excluding hydrogens is 296 g/mol. The van der Waals surface area contributed by atoms with Gasteiger partial charge in [0.25, 0.3) is 0 Å². The van der Waals surface area contributed by atoms with Crippen molar-refractivity contribution in [3.05, 3.63) is 0 Å². The van der Waals surface area contributed by atoms with Gasteiger partial charge in [0, 0.05) is 13.2 Å². The van der Waals surface area contributed by atoms with Crippen molar-refractivity contribution < 1.29 is 19.4 Å². The zero-order valence-electron chi connectivity index (χ0n) is 14.7. The molecule has 1 saturated heterocycles. The average Bonchev–Trinajstić information content (AvgIpc) is 3.03. The van der Waals surface area contributed by atoms with Gasteiger partial charge in [-0.2, -0.15) is 0 Å². The summed E-state index contributed by atoms with van der Waals surface area (Å²) in [7, 11) is 0. The van der Waals surface area contributed by atoms with Crippen LogP contribution >= 0.6 is 0 Å². The molecular formula is C17H34N2O4. The summed E-state index contributed by atoms with van der Waals surface area (Å²) in [5, 5.41) is 16.2. The van der Waals surface area contributed by atoms with Gasteiger partial charge in [0.05, 0.1) is 25.4 Å². The molecule has 0 bridgehead atoms. The molecule has 1 rings (SSSR count). The summed E-state index contributed by atoms with van der Waals surface area (Å²) in [6, 6.07) is -0.477. The van der Waals surface area contributed by atoms with Gasteiger partial charge in [0.1, 0.15) is 6.04 Å². The first-order chi connectivity index (χ1) is 11.2. The van der Waals surface area contributed by atoms with Crippen LogP contribution in [-0.2, 0) is 14.3 Å². The van der Waals surface area contributed by atoms with E-state index >= 15 is 0 Å². The number of nitrogens with one attached hydrogen (secondary N) is 2. The normalized spacial score (nSPS) is 22.2. The smallest absolute Gasteiger partial charge is 0.325 e. The Kier molecular flexibility index (Phi) is 10.4. The lowest BCUT2D eigenvalue weighted by Crippen LogP contribution is -2.55. The molecule has 136 valence electrons. The van der Waals surface area contributed by atoms with E-state index in [0.29, 0.717) is 26.4 Å². The van der Waals surface area contributed by atoms with Crippen molar-refractivity contribution >= 4 is 5.97 Å². The molecule has 3 N–H and O–H groups in total. The van der Waals surface area contributed by atoms with E-state index in [0.717, 1.165) is 45.1 Å². The lowest BCUT2D eigenvalue weighted by atomic mass is 9.98. The summed E-state index contributed by atoms with van der Waals surface area (Å²) in [6.45, 7) is 7.09. The molecule has 0 spiro atoms. The van der Waals surface area contributed by atoms with E-state index in [2.05, 4.69) is 24.5 Å². The van der Waals surface area contributed by atoms with Crippen LogP contribution < -0.4 is 10.6 Å². The molecule has 1 heterocycles. The first kappa shape index (κ1) is 20.4. The van der Waals surface area contributed by atoms with E-state index in [-0.39, 0.29) is 18.1 Å². The molecule has 1 fully saturated rings. The third kappa shape index (κ3) is 7.61. The van der Waals surface area contributed by atoms with Gasteiger partial charge in [-0.05, 0) is 32.2 Å². The molecule has 0 aromatic heterocycles. The largest absolute Gasteiger partial charge is 0.464 e. The number of aliphatic hydroxyl groups excluding tert-OH is 1. The molecule has 6 nitrogen and oxygen atoms in total. The van der Waals surface area contributed by atoms with Crippen LogP contribution in [0, 0.1) is 0 Å². The Labute approximate surface area is 140 Å². The van der Waals surface area contributed by atoms with E-state index in [1.165, 1.54) is 0 Å². The van der Waals surface area contributed by atoms with Gasteiger partial charge in [0.2, 0.25) is 0 Å². The molecule has 0 aromatic rings. The monoisotopic (exact) mass is 330 g/mol. The van der Waals surface area contributed by atoms with E-state index in [9.17, 15) is 9.90 Å². The van der Waals surface area contributed by atoms with E-state index in [4.69, 9.17) is 9.47 Å². The van der Waals surface area contributed by atoms with Crippen LogP contribution in [-0.4, -0.2) is 62.2 Å². The Bertz CT molecular complexity index is 320. The highest BCUT2D eigenvalue weighted by Gasteiger charge is 2.34. The fraction of sp³-hybridized carbons (Fsp3) is 0.941. The van der Waals surface area contributed by atoms with Gasteiger partial charge in [-0.3, -0.25) is 4.79 Å². The van der Waals surface area contributed by atoms with Crippen LogP contribution in [0.25, 0.3) is 0 Å². The number of aliphatic hydroxyl groups is 1. The van der Waals surface area contributed by atoms with Crippen LogP contribution in [0.2, 0.25) is 0 Å². The summed E-state index contributed by atoms with van der Waals surface area (Å²) >= 11 is 0. The van der Waals surface area contributed by atoms with Crippen LogP contribution in [0.5, 0.6) is 0 Å². The minimum atomic E-state index is -0.477. The number of unbranched alkanes of at least 4 members (excludes halogenated alkanes) is 2. The number of ether oxygens (including phenoxy) is 2. The van der Waals surface area contributed by atoms with E-state index < -0.39 is 6.04 Å². The zero-order chi connectivity index (χ0) is 17.0. The predicted molar refractivity (Wildman–Crippen MR) is 90.4 cm³/mol. The van der Waals surface area contributed by atoms with Gasteiger partial charge in [-0.25, -0.2) is 0 Å². The maximum Gasteiger partial charge on any atom is 0.325 e. The number of rotatable bonds is 13. The van der Waals surface area contributed by atoms with Crippen molar-refractivity contribution in [3.63, 3.8) is 0 Å². The molecule has 2 atom stereocenters. The van der Waals surface area contributed by atoms with Crippen molar-refractivity contribution in [2.24, 2.45) is 0 Å². The van der Waals surface area contributed by atoms with Gasteiger partial charge >= 0.3 is 5.97 Å². The SMILES string of the molecule is CCCCOC[C@H](NCC1(CO)CCCN1)C(=O)OCCCC. The number of hydrogen-bond acceptors (Lipinski definition) is 6. The second-order valence-electron chi connectivity index (χ2n) is 6.35. The Morgan fingerprint density at radius 2 is 2.04 bits per heavy atom. The van der Waals surface area contributed by atoms with E-state index in [1.807, 2.05) is 0 Å². The van der Waals surface area contributed by atoms with Crippen molar-refractivity contribution in [1.82, 2.24) is 10.6 Å². The molecule has 0 amide bonds. The highest BCUT2D eigenvalue weighted by molar-refractivity contribution is 5.76. The number of carbonyl (C=O) groups is 1. The van der Waals surface area contributed by atoms with Crippen molar-refractivity contribution in [2.45, 2.75) is 64.0 Å². The third-order valence-corrected chi connectivity index (χ3v) is 4.28. The number of esters is 1. The van der Waals surface area contributed by atoms with Gasteiger partial charge in [-0.1, -0.05) is 26.7 Å². The average molecular weight is 330 g/mol. The van der Waals surface area contributed by atoms with Gasteiger partial charge in [-0.15, -0.1) is 0 Å². The summed E-state index contributed by atoms with van der Waals surface area (Å²) in [5.74, 6) is -0.263. The molecule has 0 aliphatic carbocycles. The Morgan fingerprint density at radius 3 is 2.65 bits per heavy atom. The maximum absolute atomic E-state index is 12.2. The third-order valence-electron chi connectivity index (χ3n) is 4.28. The van der Waals surface area contributed by atoms with Crippen molar-refractivity contribution in [2.75, 3.05) is 39.5 Å². The van der Waals surface area contributed by atoms with Crippen LogP contribution in [0.15, 0.2) is 0 Å². The zero-order valence-corrected chi connectivity index (χ0v) is 14.7. The molecule has 1 unspecified atom stereocenters. The van der Waals surface area contributed by atoms with Gasteiger partial charge < -0.3 is 25.2 Å². The molecule has 0 aromatic carbocycles. The predicted octanol–water partition coefficient (Wildman–Crippen LogP) is 1.22. The second kappa shape index (κ2) is 11.8. The maximum atomic E-state index is 12.2. The molecule has 0 radical (unpaired) electrons. The molecule has 1 aliphatic heterocycles. The van der Waals surface area contributed by atoms with Crippen LogP contribution in [0.3, 0.4) is 0 Å². The minimum absolute atomic E-state index is 0.0638. The van der Waals surface area contributed by atoms with Crippen LogP contribution in [0.1, 0.15) is 52.4 Å².